The third-order valence-corrected chi connectivity index (χ3v) is 7.07. The first-order valence-corrected chi connectivity index (χ1v) is 12.0. The largest absolute Gasteiger partial charge is 0.103 e. The van der Waals surface area contributed by atoms with Gasteiger partial charge < -0.3 is 0 Å². The second-order valence-corrected chi connectivity index (χ2v) is 9.76. The molecule has 2 aromatic carbocycles. The highest BCUT2D eigenvalue weighted by molar-refractivity contribution is 9.10. The molecule has 0 bridgehead atoms. The van der Waals surface area contributed by atoms with E-state index >= 15 is 0 Å². The first-order valence-electron chi connectivity index (χ1n) is 10.4. The van der Waals surface area contributed by atoms with Crippen molar-refractivity contribution in [1.29, 1.82) is 0 Å². The molecular formula is C26H30Br2. The average Bonchev–Trinajstić information content (AvgIpc) is 2.69. The molecule has 1 aliphatic rings. The quantitative estimate of drug-likeness (QED) is 0.225. The third-order valence-electron chi connectivity index (χ3n) is 6.08. The second-order valence-electron chi connectivity index (χ2n) is 7.93. The van der Waals surface area contributed by atoms with Crippen LogP contribution in [0.2, 0.25) is 0 Å². The van der Waals surface area contributed by atoms with Crippen molar-refractivity contribution in [3.8, 4) is 0 Å². The molecule has 0 atom stereocenters. The van der Waals surface area contributed by atoms with Crippen LogP contribution in [0.15, 0.2) is 70.7 Å². The Balaban J connectivity index is 2.07. The van der Waals surface area contributed by atoms with Gasteiger partial charge in [-0.25, -0.2) is 0 Å². The monoisotopic (exact) mass is 500 g/mol. The van der Waals surface area contributed by atoms with E-state index in [1.165, 1.54) is 69.7 Å². The Morgan fingerprint density at radius 1 is 0.750 bits per heavy atom. The number of allylic oxidation sites excluding steroid dienone is 2. The number of unbranched alkanes of at least 4 members (excludes halogenated alkanes) is 4. The number of rotatable bonds is 10. The highest BCUT2D eigenvalue weighted by Gasteiger charge is 2.39. The van der Waals surface area contributed by atoms with Crippen molar-refractivity contribution >= 4 is 31.9 Å². The molecule has 148 valence electrons. The van der Waals surface area contributed by atoms with Gasteiger partial charge in [0.15, 0.2) is 0 Å². The molecule has 0 fully saturated rings. The lowest BCUT2D eigenvalue weighted by molar-refractivity contribution is 0.390. The predicted octanol–water partition coefficient (Wildman–Crippen LogP) is 8.89. The van der Waals surface area contributed by atoms with Crippen LogP contribution >= 0.6 is 31.9 Å². The average molecular weight is 502 g/mol. The number of benzene rings is 2. The summed E-state index contributed by atoms with van der Waals surface area (Å²) >= 11 is 7.49. The van der Waals surface area contributed by atoms with Crippen LogP contribution in [0, 0.1) is 0 Å². The Labute approximate surface area is 187 Å². The zero-order valence-electron chi connectivity index (χ0n) is 16.7. The van der Waals surface area contributed by atoms with Gasteiger partial charge in [-0.05, 0) is 91.5 Å². The normalized spacial score (nSPS) is 14.2. The van der Waals surface area contributed by atoms with Crippen LogP contribution in [-0.2, 0) is 11.8 Å². The van der Waals surface area contributed by atoms with E-state index in [0.717, 1.165) is 19.3 Å². The van der Waals surface area contributed by atoms with Gasteiger partial charge >= 0.3 is 0 Å². The smallest absolute Gasteiger partial charge is 0.0209 e. The van der Waals surface area contributed by atoms with Crippen LogP contribution in [0.4, 0.5) is 0 Å². The van der Waals surface area contributed by atoms with Crippen LogP contribution in [-0.4, -0.2) is 0 Å². The molecule has 2 aromatic rings. The van der Waals surface area contributed by atoms with E-state index < -0.39 is 0 Å². The molecule has 0 spiro atoms. The molecule has 3 rings (SSSR count). The van der Waals surface area contributed by atoms with E-state index in [9.17, 15) is 0 Å². The molecule has 1 aliphatic carbocycles. The van der Waals surface area contributed by atoms with Crippen LogP contribution in [0.25, 0.3) is 0 Å². The summed E-state index contributed by atoms with van der Waals surface area (Å²) in [6.45, 7) is 7.81. The van der Waals surface area contributed by atoms with Gasteiger partial charge in [-0.3, -0.25) is 0 Å². The zero-order chi connectivity index (χ0) is 20.0. The SMILES string of the molecule is C=CCCCCC1(CCCCC=C)c2cc(Br)ccc2Cc2ccc(Br)cc21. The van der Waals surface area contributed by atoms with Gasteiger partial charge in [-0.15, -0.1) is 13.2 Å². The third kappa shape index (κ3) is 4.71. The Bertz CT molecular complexity index is 765. The first kappa shape index (κ1) is 21.6. The van der Waals surface area contributed by atoms with Crippen LogP contribution < -0.4 is 0 Å². The van der Waals surface area contributed by atoms with Gasteiger partial charge in [0.05, 0.1) is 0 Å². The molecule has 0 saturated heterocycles. The number of halogens is 2. The van der Waals surface area contributed by atoms with Crippen molar-refractivity contribution in [2.24, 2.45) is 0 Å². The topological polar surface area (TPSA) is 0 Å². The van der Waals surface area contributed by atoms with Crippen molar-refractivity contribution in [3.05, 3.63) is 92.9 Å². The molecule has 28 heavy (non-hydrogen) atoms. The maximum Gasteiger partial charge on any atom is 0.0209 e. The zero-order valence-corrected chi connectivity index (χ0v) is 19.8. The summed E-state index contributed by atoms with van der Waals surface area (Å²) < 4.78 is 2.37. The molecule has 0 radical (unpaired) electrons. The lowest BCUT2D eigenvalue weighted by Gasteiger charge is -2.42. The summed E-state index contributed by atoms with van der Waals surface area (Å²) in [5, 5.41) is 0. The van der Waals surface area contributed by atoms with Crippen molar-refractivity contribution < 1.29 is 0 Å². The molecule has 0 saturated carbocycles. The summed E-state index contributed by atoms with van der Waals surface area (Å²) in [5.74, 6) is 0. The van der Waals surface area contributed by atoms with E-state index in [1.54, 1.807) is 0 Å². The maximum absolute atomic E-state index is 3.91. The summed E-state index contributed by atoms with van der Waals surface area (Å²) in [6, 6.07) is 13.8. The van der Waals surface area contributed by atoms with E-state index in [-0.39, 0.29) is 5.41 Å². The van der Waals surface area contributed by atoms with Crippen LogP contribution in [0.3, 0.4) is 0 Å². The van der Waals surface area contributed by atoms with Gasteiger partial charge in [0.2, 0.25) is 0 Å². The summed E-state index contributed by atoms with van der Waals surface area (Å²) in [5.41, 5.74) is 6.14. The van der Waals surface area contributed by atoms with E-state index in [0.29, 0.717) is 0 Å². The van der Waals surface area contributed by atoms with Crippen molar-refractivity contribution in [3.63, 3.8) is 0 Å². The molecule has 0 N–H and O–H groups in total. The molecule has 0 aromatic heterocycles. The fourth-order valence-electron chi connectivity index (χ4n) is 4.74. The summed E-state index contributed by atoms with van der Waals surface area (Å²) in [7, 11) is 0. The minimum absolute atomic E-state index is 0.0960. The Morgan fingerprint density at radius 2 is 1.21 bits per heavy atom. The lowest BCUT2D eigenvalue weighted by Crippen LogP contribution is -2.34. The minimum atomic E-state index is 0.0960. The summed E-state index contributed by atoms with van der Waals surface area (Å²) in [4.78, 5) is 0. The molecule has 0 amide bonds. The van der Waals surface area contributed by atoms with Gasteiger partial charge in [0.1, 0.15) is 0 Å². The standard InChI is InChI=1S/C26H30Br2/c1-3-5-7-9-15-26(16-10-8-6-4-2)24-18-22(27)13-11-20(24)17-21-12-14-23(28)19-25(21)26/h3-4,11-14,18-19H,1-2,5-10,15-17H2. The van der Waals surface area contributed by atoms with Crippen LogP contribution in [0.1, 0.15) is 73.6 Å². The molecule has 0 aliphatic heterocycles. The van der Waals surface area contributed by atoms with E-state index in [2.05, 4.69) is 81.4 Å². The second kappa shape index (κ2) is 10.1. The Hall–Kier alpha value is -1.12. The minimum Gasteiger partial charge on any atom is -0.103 e. The van der Waals surface area contributed by atoms with E-state index in [1.807, 2.05) is 12.2 Å². The highest BCUT2D eigenvalue weighted by atomic mass is 79.9. The molecule has 0 unspecified atom stereocenters. The van der Waals surface area contributed by atoms with E-state index in [4.69, 9.17) is 0 Å². The highest BCUT2D eigenvalue weighted by Crippen LogP contribution is 2.49. The van der Waals surface area contributed by atoms with Crippen molar-refractivity contribution in [2.75, 3.05) is 0 Å². The Kier molecular flexibility index (Phi) is 7.77. The summed E-state index contributed by atoms with van der Waals surface area (Å²) in [6.07, 6.45) is 14.6. The first-order chi connectivity index (χ1) is 13.6. The van der Waals surface area contributed by atoms with Crippen LogP contribution in [0.5, 0.6) is 0 Å². The number of fused-ring (bicyclic) bond motifs is 2. The molecular weight excluding hydrogens is 472 g/mol. The molecule has 0 nitrogen and oxygen atoms in total. The molecule has 0 heterocycles. The van der Waals surface area contributed by atoms with Gasteiger partial charge in [-0.2, -0.15) is 0 Å². The maximum atomic E-state index is 3.91. The Morgan fingerprint density at radius 3 is 1.64 bits per heavy atom. The fraction of sp³-hybridized carbons (Fsp3) is 0.385. The van der Waals surface area contributed by atoms with Crippen molar-refractivity contribution in [1.82, 2.24) is 0 Å². The fourth-order valence-corrected chi connectivity index (χ4v) is 5.46. The van der Waals surface area contributed by atoms with Gasteiger partial charge in [0, 0.05) is 14.4 Å². The molecule has 2 heteroatoms. The lowest BCUT2D eigenvalue weighted by atomic mass is 9.62. The van der Waals surface area contributed by atoms with Gasteiger partial charge in [0.25, 0.3) is 0 Å². The van der Waals surface area contributed by atoms with Gasteiger partial charge in [-0.1, -0.05) is 69.0 Å². The van der Waals surface area contributed by atoms with Crippen molar-refractivity contribution in [2.45, 2.75) is 63.2 Å². The predicted molar refractivity (Wildman–Crippen MR) is 129 cm³/mol. The number of hydrogen-bond donors (Lipinski definition) is 0. The number of hydrogen-bond acceptors (Lipinski definition) is 0.